The SMILES string of the molecule is COC(=O)c1ccc(OC2C#CCCCCC2)cc1. The molecule has 1 aromatic rings. The Morgan fingerprint density at radius 2 is 2.00 bits per heavy atom. The first-order valence-electron chi connectivity index (χ1n) is 6.63. The fourth-order valence-corrected chi connectivity index (χ4v) is 2.02. The largest absolute Gasteiger partial charge is 0.478 e. The second kappa shape index (κ2) is 6.84. The van der Waals surface area contributed by atoms with E-state index in [1.54, 1.807) is 24.3 Å². The van der Waals surface area contributed by atoms with E-state index in [1.165, 1.54) is 20.0 Å². The van der Waals surface area contributed by atoms with Crippen molar-refractivity contribution in [1.29, 1.82) is 0 Å². The van der Waals surface area contributed by atoms with Gasteiger partial charge in [-0.25, -0.2) is 4.79 Å². The molecule has 0 amide bonds. The smallest absolute Gasteiger partial charge is 0.337 e. The van der Waals surface area contributed by atoms with Crippen molar-refractivity contribution in [1.82, 2.24) is 0 Å². The molecular formula is C16H18O3. The fourth-order valence-electron chi connectivity index (χ4n) is 2.02. The van der Waals surface area contributed by atoms with Crippen molar-refractivity contribution in [2.75, 3.05) is 7.11 Å². The Hall–Kier alpha value is -1.95. The third kappa shape index (κ3) is 4.03. The molecule has 0 radical (unpaired) electrons. The molecule has 0 N–H and O–H groups in total. The quantitative estimate of drug-likeness (QED) is 0.617. The first kappa shape index (κ1) is 13.5. The molecule has 1 unspecified atom stereocenters. The van der Waals surface area contributed by atoms with Crippen molar-refractivity contribution < 1.29 is 14.3 Å². The van der Waals surface area contributed by atoms with Crippen LogP contribution >= 0.6 is 0 Å². The molecule has 0 saturated heterocycles. The molecule has 0 saturated carbocycles. The number of hydrogen-bond acceptors (Lipinski definition) is 3. The molecule has 0 aromatic heterocycles. The molecule has 100 valence electrons. The highest BCUT2D eigenvalue weighted by Gasteiger charge is 2.10. The Morgan fingerprint density at radius 3 is 2.74 bits per heavy atom. The predicted octanol–water partition coefficient (Wildman–Crippen LogP) is 3.19. The van der Waals surface area contributed by atoms with E-state index in [4.69, 9.17) is 4.74 Å². The number of hydrogen-bond donors (Lipinski definition) is 0. The van der Waals surface area contributed by atoms with Crippen LogP contribution in [0.25, 0.3) is 0 Å². The Bertz CT molecular complexity index is 479. The zero-order valence-electron chi connectivity index (χ0n) is 11.1. The highest BCUT2D eigenvalue weighted by atomic mass is 16.5. The van der Waals surface area contributed by atoms with E-state index < -0.39 is 0 Å². The third-order valence-electron chi connectivity index (χ3n) is 3.08. The highest BCUT2D eigenvalue weighted by Crippen LogP contribution is 2.17. The van der Waals surface area contributed by atoms with Gasteiger partial charge in [-0.2, -0.15) is 0 Å². The molecule has 19 heavy (non-hydrogen) atoms. The maximum absolute atomic E-state index is 11.3. The zero-order valence-corrected chi connectivity index (χ0v) is 11.1. The van der Waals surface area contributed by atoms with Crippen molar-refractivity contribution >= 4 is 5.97 Å². The van der Waals surface area contributed by atoms with E-state index in [0.717, 1.165) is 25.0 Å². The van der Waals surface area contributed by atoms with Gasteiger partial charge in [-0.15, -0.1) is 0 Å². The van der Waals surface area contributed by atoms with Crippen LogP contribution in [0.15, 0.2) is 24.3 Å². The van der Waals surface area contributed by atoms with Crippen molar-refractivity contribution in [2.24, 2.45) is 0 Å². The van der Waals surface area contributed by atoms with E-state index in [9.17, 15) is 4.79 Å². The van der Waals surface area contributed by atoms with Gasteiger partial charge in [0.1, 0.15) is 5.75 Å². The summed E-state index contributed by atoms with van der Waals surface area (Å²) in [5.41, 5.74) is 0.526. The lowest BCUT2D eigenvalue weighted by Gasteiger charge is -2.15. The average molecular weight is 258 g/mol. The topological polar surface area (TPSA) is 35.5 Å². The van der Waals surface area contributed by atoms with Crippen molar-refractivity contribution in [3.63, 3.8) is 0 Å². The van der Waals surface area contributed by atoms with E-state index >= 15 is 0 Å². The molecule has 1 aromatic carbocycles. The normalized spacial score (nSPS) is 18.5. The van der Waals surface area contributed by atoms with Crippen LogP contribution in [0.4, 0.5) is 0 Å². The monoisotopic (exact) mass is 258 g/mol. The van der Waals surface area contributed by atoms with Gasteiger partial charge in [0.25, 0.3) is 0 Å². The summed E-state index contributed by atoms with van der Waals surface area (Å²) in [6.45, 7) is 0. The van der Waals surface area contributed by atoms with Crippen molar-refractivity contribution in [2.45, 2.75) is 38.2 Å². The number of carbonyl (C=O) groups excluding carboxylic acids is 1. The van der Waals surface area contributed by atoms with E-state index in [-0.39, 0.29) is 12.1 Å². The minimum absolute atomic E-state index is 0.0377. The van der Waals surface area contributed by atoms with E-state index in [2.05, 4.69) is 16.6 Å². The molecule has 2 rings (SSSR count). The molecule has 3 heteroatoms. The molecule has 0 heterocycles. The van der Waals surface area contributed by atoms with Gasteiger partial charge in [0.15, 0.2) is 6.10 Å². The standard InChI is InChI=1S/C16H18O3/c1-18-16(17)13-9-11-15(12-10-13)19-14-7-5-3-2-4-6-8-14/h9-12,14H,2-5,7H2,1H3. The Balaban J connectivity index is 2.00. The fraction of sp³-hybridized carbons (Fsp3) is 0.438. The van der Waals surface area contributed by atoms with Gasteiger partial charge >= 0.3 is 5.97 Å². The third-order valence-corrected chi connectivity index (χ3v) is 3.08. The molecule has 1 aliphatic rings. The number of carbonyl (C=O) groups is 1. The van der Waals surface area contributed by atoms with Crippen LogP contribution in [0, 0.1) is 11.8 Å². The summed E-state index contributed by atoms with van der Waals surface area (Å²) in [5.74, 6) is 6.71. The van der Waals surface area contributed by atoms with Gasteiger partial charge in [-0.05, 0) is 43.5 Å². The van der Waals surface area contributed by atoms with Gasteiger partial charge in [0, 0.05) is 6.42 Å². The van der Waals surface area contributed by atoms with Crippen LogP contribution in [0.2, 0.25) is 0 Å². The first-order valence-corrected chi connectivity index (χ1v) is 6.63. The minimum atomic E-state index is -0.336. The Labute approximate surface area is 113 Å². The predicted molar refractivity (Wildman–Crippen MR) is 73.1 cm³/mol. The summed E-state index contributed by atoms with van der Waals surface area (Å²) in [6.07, 6.45) is 5.44. The Morgan fingerprint density at radius 1 is 1.21 bits per heavy atom. The second-order valence-corrected chi connectivity index (χ2v) is 4.54. The van der Waals surface area contributed by atoms with Crippen LogP contribution in [0.3, 0.4) is 0 Å². The molecule has 0 spiro atoms. The minimum Gasteiger partial charge on any atom is -0.478 e. The summed E-state index contributed by atoms with van der Waals surface area (Å²) in [7, 11) is 1.37. The van der Waals surface area contributed by atoms with Crippen LogP contribution in [0.5, 0.6) is 5.75 Å². The van der Waals surface area contributed by atoms with Gasteiger partial charge in [0.2, 0.25) is 0 Å². The molecular weight excluding hydrogens is 240 g/mol. The van der Waals surface area contributed by atoms with Crippen molar-refractivity contribution in [3.05, 3.63) is 29.8 Å². The summed E-state index contributed by atoms with van der Waals surface area (Å²) in [5, 5.41) is 0. The van der Waals surface area contributed by atoms with Gasteiger partial charge in [0.05, 0.1) is 12.7 Å². The number of methoxy groups -OCH3 is 1. The number of ether oxygens (including phenoxy) is 2. The Kier molecular flexibility index (Phi) is 4.85. The summed E-state index contributed by atoms with van der Waals surface area (Å²) in [6, 6.07) is 6.98. The van der Waals surface area contributed by atoms with Gasteiger partial charge in [-0.1, -0.05) is 18.3 Å². The van der Waals surface area contributed by atoms with E-state index in [0.29, 0.717) is 5.56 Å². The summed E-state index contributed by atoms with van der Waals surface area (Å²) in [4.78, 5) is 11.3. The zero-order chi connectivity index (χ0) is 13.5. The van der Waals surface area contributed by atoms with Crippen LogP contribution < -0.4 is 4.74 Å². The van der Waals surface area contributed by atoms with Gasteiger partial charge in [-0.3, -0.25) is 0 Å². The molecule has 3 nitrogen and oxygen atoms in total. The molecule has 1 aliphatic carbocycles. The number of esters is 1. The van der Waals surface area contributed by atoms with Crippen LogP contribution in [0.1, 0.15) is 42.5 Å². The molecule has 0 aliphatic heterocycles. The maximum Gasteiger partial charge on any atom is 0.337 e. The lowest BCUT2D eigenvalue weighted by Crippen LogP contribution is -2.15. The van der Waals surface area contributed by atoms with Crippen LogP contribution in [-0.4, -0.2) is 19.2 Å². The van der Waals surface area contributed by atoms with E-state index in [1.807, 2.05) is 0 Å². The summed E-state index contributed by atoms with van der Waals surface area (Å²) >= 11 is 0. The molecule has 0 bridgehead atoms. The number of benzene rings is 1. The van der Waals surface area contributed by atoms with Crippen molar-refractivity contribution in [3.8, 4) is 17.6 Å². The number of rotatable bonds is 3. The van der Waals surface area contributed by atoms with Crippen LogP contribution in [-0.2, 0) is 4.74 Å². The summed E-state index contributed by atoms with van der Waals surface area (Å²) < 4.78 is 10.5. The molecule has 0 fully saturated rings. The lowest BCUT2D eigenvalue weighted by molar-refractivity contribution is 0.0600. The lowest BCUT2D eigenvalue weighted by atomic mass is 10.1. The average Bonchev–Trinajstić information content (AvgIpc) is 2.41. The maximum atomic E-state index is 11.3. The first-order chi connectivity index (χ1) is 9.29. The molecule has 1 atom stereocenters. The van der Waals surface area contributed by atoms with Gasteiger partial charge < -0.3 is 9.47 Å². The second-order valence-electron chi connectivity index (χ2n) is 4.54. The highest BCUT2D eigenvalue weighted by molar-refractivity contribution is 5.89.